The van der Waals surface area contributed by atoms with Crippen molar-refractivity contribution in [3.05, 3.63) is 0 Å². The number of rotatable bonds is 3. The van der Waals surface area contributed by atoms with Crippen LogP contribution in [0, 0.1) is 5.41 Å². The third kappa shape index (κ3) is 2.46. The van der Waals surface area contributed by atoms with Crippen molar-refractivity contribution in [3.8, 4) is 0 Å². The summed E-state index contributed by atoms with van der Waals surface area (Å²) in [6.45, 7) is 6.11. The summed E-state index contributed by atoms with van der Waals surface area (Å²) in [4.78, 5) is 24.2. The number of carbonyl (C=O) groups excluding carboxylic acids is 1. The molecule has 1 saturated heterocycles. The number of aliphatic carboxylic acids is 1. The molecule has 1 aliphatic heterocycles. The second-order valence-corrected chi connectivity index (χ2v) is 4.54. The van der Waals surface area contributed by atoms with Gasteiger partial charge in [0.15, 0.2) is 0 Å². The smallest absolute Gasteiger partial charge is 0.410 e. The van der Waals surface area contributed by atoms with Crippen molar-refractivity contribution >= 4 is 12.1 Å². The first-order valence-electron chi connectivity index (χ1n) is 5.60. The Bertz CT molecular complexity index is 290. The molecule has 1 unspecified atom stereocenters. The molecule has 0 saturated carbocycles. The van der Waals surface area contributed by atoms with Crippen LogP contribution < -0.4 is 0 Å². The minimum Gasteiger partial charge on any atom is -0.481 e. The second-order valence-electron chi connectivity index (χ2n) is 4.54. The summed E-state index contributed by atoms with van der Waals surface area (Å²) in [6.07, 6.45) is 0.459. The maximum absolute atomic E-state index is 11.6. The number of carbonyl (C=O) groups is 2. The fourth-order valence-corrected chi connectivity index (χ4v) is 1.92. The molecule has 5 heteroatoms. The van der Waals surface area contributed by atoms with Crippen molar-refractivity contribution in [1.82, 2.24) is 4.90 Å². The van der Waals surface area contributed by atoms with Crippen LogP contribution in [0.2, 0.25) is 0 Å². The molecule has 1 amide bonds. The monoisotopic (exact) mass is 229 g/mol. The van der Waals surface area contributed by atoms with Crippen molar-refractivity contribution < 1.29 is 19.4 Å². The average Bonchev–Trinajstić information content (AvgIpc) is 2.61. The molecule has 1 aliphatic rings. The van der Waals surface area contributed by atoms with Gasteiger partial charge in [0.2, 0.25) is 0 Å². The highest BCUT2D eigenvalue weighted by molar-refractivity contribution is 5.77. The number of likely N-dealkylation sites (tertiary alicyclic amines) is 1. The average molecular weight is 229 g/mol. The van der Waals surface area contributed by atoms with Crippen LogP contribution in [-0.4, -0.2) is 41.3 Å². The van der Waals surface area contributed by atoms with Gasteiger partial charge < -0.3 is 14.7 Å². The molecule has 92 valence electrons. The lowest BCUT2D eigenvalue weighted by Gasteiger charge is -2.23. The first kappa shape index (κ1) is 12.8. The molecule has 1 N–H and O–H groups in total. The van der Waals surface area contributed by atoms with E-state index in [1.54, 1.807) is 13.8 Å². The highest BCUT2D eigenvalue weighted by Gasteiger charge is 2.45. The number of ether oxygens (including phenoxy) is 1. The van der Waals surface area contributed by atoms with Gasteiger partial charge in [-0.15, -0.1) is 0 Å². The van der Waals surface area contributed by atoms with E-state index in [0.717, 1.165) is 0 Å². The van der Waals surface area contributed by atoms with Crippen molar-refractivity contribution in [1.29, 1.82) is 0 Å². The van der Waals surface area contributed by atoms with E-state index in [4.69, 9.17) is 9.84 Å². The molecule has 16 heavy (non-hydrogen) atoms. The lowest BCUT2D eigenvalue weighted by molar-refractivity contribution is -0.148. The lowest BCUT2D eigenvalue weighted by Crippen LogP contribution is -2.37. The third-order valence-electron chi connectivity index (χ3n) is 3.08. The Morgan fingerprint density at radius 2 is 2.12 bits per heavy atom. The van der Waals surface area contributed by atoms with Crippen molar-refractivity contribution in [2.75, 3.05) is 13.1 Å². The van der Waals surface area contributed by atoms with Gasteiger partial charge >= 0.3 is 12.1 Å². The summed E-state index contributed by atoms with van der Waals surface area (Å²) in [5, 5.41) is 9.17. The lowest BCUT2D eigenvalue weighted by atomic mass is 9.84. The zero-order valence-electron chi connectivity index (χ0n) is 10.0. The number of carboxylic acid groups (broad SMARTS) is 1. The van der Waals surface area contributed by atoms with E-state index in [0.29, 0.717) is 19.4 Å². The number of nitrogens with zero attached hydrogens (tertiary/aromatic N) is 1. The Labute approximate surface area is 95.4 Å². The molecule has 0 radical (unpaired) electrons. The van der Waals surface area contributed by atoms with Crippen LogP contribution in [-0.2, 0) is 9.53 Å². The largest absolute Gasteiger partial charge is 0.481 e. The number of amides is 1. The Kier molecular flexibility index (Phi) is 3.78. The Balaban J connectivity index is 2.64. The summed E-state index contributed by atoms with van der Waals surface area (Å²) in [7, 11) is 0. The molecule has 1 rings (SSSR count). The highest BCUT2D eigenvalue weighted by atomic mass is 16.6. The first-order valence-corrected chi connectivity index (χ1v) is 5.60. The molecule has 0 aromatic carbocycles. The Morgan fingerprint density at radius 1 is 1.50 bits per heavy atom. The minimum absolute atomic E-state index is 0.172. The molecule has 1 heterocycles. The Hall–Kier alpha value is -1.26. The predicted molar refractivity (Wildman–Crippen MR) is 58.2 cm³/mol. The van der Waals surface area contributed by atoms with Crippen LogP contribution in [0.15, 0.2) is 0 Å². The second kappa shape index (κ2) is 4.72. The fraction of sp³-hybridized carbons (Fsp3) is 0.818. The number of carboxylic acids is 1. The van der Waals surface area contributed by atoms with Crippen molar-refractivity contribution in [2.24, 2.45) is 5.41 Å². The molecular formula is C11H19NO4. The van der Waals surface area contributed by atoms with E-state index in [-0.39, 0.29) is 12.6 Å². The van der Waals surface area contributed by atoms with Crippen LogP contribution >= 0.6 is 0 Å². The molecule has 1 atom stereocenters. The maximum atomic E-state index is 11.6. The molecule has 0 spiro atoms. The summed E-state index contributed by atoms with van der Waals surface area (Å²) in [5.41, 5.74) is -0.782. The van der Waals surface area contributed by atoms with Crippen LogP contribution in [0.5, 0.6) is 0 Å². The van der Waals surface area contributed by atoms with Gasteiger partial charge in [-0.3, -0.25) is 4.79 Å². The van der Waals surface area contributed by atoms with Crippen molar-refractivity contribution in [3.63, 3.8) is 0 Å². The van der Waals surface area contributed by atoms with Gasteiger partial charge in [0.05, 0.1) is 11.5 Å². The minimum atomic E-state index is -0.824. The van der Waals surface area contributed by atoms with Crippen LogP contribution in [0.1, 0.15) is 33.6 Å². The highest BCUT2D eigenvalue weighted by Crippen LogP contribution is 2.34. The molecule has 5 nitrogen and oxygen atoms in total. The van der Waals surface area contributed by atoms with E-state index in [2.05, 4.69) is 0 Å². The molecular weight excluding hydrogens is 210 g/mol. The van der Waals surface area contributed by atoms with E-state index < -0.39 is 17.5 Å². The molecule has 0 aliphatic carbocycles. The molecule has 0 aromatic heterocycles. The predicted octanol–water partition coefficient (Wildman–Crippen LogP) is 1.72. The van der Waals surface area contributed by atoms with E-state index in [1.165, 1.54) is 4.90 Å². The SMILES string of the molecule is CCC1(C(=O)O)CCN(C(=O)OC(C)C)C1. The summed E-state index contributed by atoms with van der Waals surface area (Å²) in [5.74, 6) is -0.824. The fourth-order valence-electron chi connectivity index (χ4n) is 1.92. The van der Waals surface area contributed by atoms with E-state index in [9.17, 15) is 9.59 Å². The van der Waals surface area contributed by atoms with Gasteiger partial charge in [0.1, 0.15) is 0 Å². The molecule has 1 fully saturated rings. The van der Waals surface area contributed by atoms with Gasteiger partial charge in [0, 0.05) is 13.1 Å². The van der Waals surface area contributed by atoms with Crippen LogP contribution in [0.3, 0.4) is 0 Å². The topological polar surface area (TPSA) is 66.8 Å². The van der Waals surface area contributed by atoms with E-state index >= 15 is 0 Å². The van der Waals surface area contributed by atoms with E-state index in [1.807, 2.05) is 6.92 Å². The zero-order chi connectivity index (χ0) is 12.3. The van der Waals surface area contributed by atoms with Gasteiger partial charge in [-0.2, -0.15) is 0 Å². The number of hydrogen-bond donors (Lipinski definition) is 1. The summed E-state index contributed by atoms with van der Waals surface area (Å²) in [6, 6.07) is 0. The zero-order valence-corrected chi connectivity index (χ0v) is 10.0. The van der Waals surface area contributed by atoms with Gasteiger partial charge in [-0.25, -0.2) is 4.79 Å². The Morgan fingerprint density at radius 3 is 2.50 bits per heavy atom. The summed E-state index contributed by atoms with van der Waals surface area (Å²) < 4.78 is 5.05. The van der Waals surface area contributed by atoms with Gasteiger partial charge in [0.25, 0.3) is 0 Å². The van der Waals surface area contributed by atoms with Crippen LogP contribution in [0.4, 0.5) is 4.79 Å². The normalized spacial score (nSPS) is 24.9. The summed E-state index contributed by atoms with van der Waals surface area (Å²) >= 11 is 0. The molecule has 0 bridgehead atoms. The van der Waals surface area contributed by atoms with Gasteiger partial charge in [-0.05, 0) is 26.7 Å². The van der Waals surface area contributed by atoms with Crippen molar-refractivity contribution in [2.45, 2.75) is 39.7 Å². The molecule has 0 aromatic rings. The van der Waals surface area contributed by atoms with Crippen LogP contribution in [0.25, 0.3) is 0 Å². The number of hydrogen-bond acceptors (Lipinski definition) is 3. The maximum Gasteiger partial charge on any atom is 0.410 e. The first-order chi connectivity index (χ1) is 7.41. The third-order valence-corrected chi connectivity index (χ3v) is 3.08. The quantitative estimate of drug-likeness (QED) is 0.800. The van der Waals surface area contributed by atoms with Gasteiger partial charge in [-0.1, -0.05) is 6.92 Å². The standard InChI is InChI=1S/C11H19NO4/c1-4-11(9(13)14)5-6-12(7-11)10(15)16-8(2)3/h8H,4-7H2,1-3H3,(H,13,14).